The number of rotatable bonds is 11. The molecule has 0 heterocycles. The lowest BCUT2D eigenvalue weighted by Crippen LogP contribution is -2.56. The lowest BCUT2D eigenvalue weighted by Gasteiger charge is -2.22. The highest BCUT2D eigenvalue weighted by Crippen LogP contribution is 2.11. The molecule has 0 radical (unpaired) electrons. The Morgan fingerprint density at radius 2 is 1.55 bits per heavy atom. The number of benzene rings is 1. The largest absolute Gasteiger partial charge is 0.508 e. The zero-order valence-corrected chi connectivity index (χ0v) is 17.1. The van der Waals surface area contributed by atoms with Gasteiger partial charge in [0.1, 0.15) is 17.8 Å². The van der Waals surface area contributed by atoms with Crippen LogP contribution in [0, 0.1) is 0 Å². The van der Waals surface area contributed by atoms with Crippen molar-refractivity contribution in [3.05, 3.63) is 29.8 Å². The zero-order chi connectivity index (χ0) is 23.7. The minimum Gasteiger partial charge on any atom is -0.508 e. The summed E-state index contributed by atoms with van der Waals surface area (Å²) < 4.78 is 0. The van der Waals surface area contributed by atoms with Crippen molar-refractivity contribution in [2.75, 3.05) is 6.54 Å². The molecule has 0 saturated heterocycles. The number of aliphatic carboxylic acids is 1. The van der Waals surface area contributed by atoms with Crippen LogP contribution in [0.4, 0.5) is 0 Å². The number of hydrogen-bond donors (Lipinski definition) is 8. The molecule has 3 amide bonds. The van der Waals surface area contributed by atoms with Crippen molar-refractivity contribution in [1.82, 2.24) is 16.0 Å². The van der Waals surface area contributed by atoms with Crippen molar-refractivity contribution in [3.63, 3.8) is 0 Å². The minimum atomic E-state index is -1.55. The van der Waals surface area contributed by atoms with Crippen LogP contribution in [-0.4, -0.2) is 81.0 Å². The number of hydrogen-bond acceptors (Lipinski definition) is 8. The van der Waals surface area contributed by atoms with Gasteiger partial charge >= 0.3 is 5.97 Å². The highest BCUT2D eigenvalue weighted by molar-refractivity contribution is 5.93. The fraction of sp³-hybridized carbons (Fsp3) is 0.474. The first kappa shape index (κ1) is 25.8. The zero-order valence-electron chi connectivity index (χ0n) is 17.1. The average Bonchev–Trinajstić information content (AvgIpc) is 2.69. The van der Waals surface area contributed by atoms with E-state index in [0.29, 0.717) is 5.56 Å². The van der Waals surface area contributed by atoms with E-state index in [-0.39, 0.29) is 12.2 Å². The number of aromatic hydroxyl groups is 1. The van der Waals surface area contributed by atoms with Gasteiger partial charge in [-0.15, -0.1) is 0 Å². The van der Waals surface area contributed by atoms with E-state index in [0.717, 1.165) is 0 Å². The third-order valence-electron chi connectivity index (χ3n) is 4.32. The van der Waals surface area contributed by atoms with Crippen molar-refractivity contribution in [3.8, 4) is 5.75 Å². The number of carboxylic acids is 1. The number of nitrogens with one attached hydrogen (secondary N) is 3. The fourth-order valence-corrected chi connectivity index (χ4v) is 2.47. The molecule has 0 saturated carbocycles. The summed E-state index contributed by atoms with van der Waals surface area (Å²) in [6.07, 6.45) is -2.55. The van der Waals surface area contributed by atoms with Gasteiger partial charge in [0.15, 0.2) is 6.04 Å². The second-order valence-electron chi connectivity index (χ2n) is 7.04. The lowest BCUT2D eigenvalue weighted by molar-refractivity contribution is -0.144. The number of carbonyl (C=O) groups is 4. The Labute approximate surface area is 178 Å². The molecule has 9 N–H and O–H groups in total. The van der Waals surface area contributed by atoms with Gasteiger partial charge in [-0.05, 0) is 31.5 Å². The molecule has 0 spiro atoms. The van der Waals surface area contributed by atoms with Crippen LogP contribution in [0.1, 0.15) is 19.4 Å². The van der Waals surface area contributed by atoms with Gasteiger partial charge in [0, 0.05) is 6.42 Å². The molecule has 0 aliphatic carbocycles. The molecule has 5 atom stereocenters. The topological polar surface area (TPSA) is 211 Å². The minimum absolute atomic E-state index is 0.00711. The predicted molar refractivity (Wildman–Crippen MR) is 108 cm³/mol. The van der Waals surface area contributed by atoms with E-state index in [2.05, 4.69) is 16.0 Å². The van der Waals surface area contributed by atoms with Gasteiger partial charge in [0.05, 0.1) is 18.8 Å². The average molecular weight is 440 g/mol. The van der Waals surface area contributed by atoms with Crippen molar-refractivity contribution < 1.29 is 39.6 Å². The molecule has 1 aromatic carbocycles. The summed E-state index contributed by atoms with van der Waals surface area (Å²) in [5.41, 5.74) is 6.16. The van der Waals surface area contributed by atoms with Crippen LogP contribution in [-0.2, 0) is 25.6 Å². The maximum atomic E-state index is 12.6. The van der Waals surface area contributed by atoms with Crippen LogP contribution in [0.3, 0.4) is 0 Å². The van der Waals surface area contributed by atoms with Gasteiger partial charge < -0.3 is 42.1 Å². The van der Waals surface area contributed by atoms with E-state index < -0.39 is 60.6 Å². The Hall–Kier alpha value is -3.22. The van der Waals surface area contributed by atoms with Crippen LogP contribution < -0.4 is 21.7 Å². The monoisotopic (exact) mass is 440 g/mol. The Bertz CT molecular complexity index is 782. The number of amides is 3. The Kier molecular flexibility index (Phi) is 9.86. The molecule has 31 heavy (non-hydrogen) atoms. The van der Waals surface area contributed by atoms with Gasteiger partial charge in [0.2, 0.25) is 17.7 Å². The van der Waals surface area contributed by atoms with Gasteiger partial charge in [0.25, 0.3) is 0 Å². The van der Waals surface area contributed by atoms with Gasteiger partial charge in [-0.2, -0.15) is 0 Å². The van der Waals surface area contributed by atoms with Crippen LogP contribution in [0.25, 0.3) is 0 Å². The maximum absolute atomic E-state index is 12.6. The van der Waals surface area contributed by atoms with E-state index in [9.17, 15) is 34.5 Å². The highest BCUT2D eigenvalue weighted by atomic mass is 16.4. The fourth-order valence-electron chi connectivity index (χ4n) is 2.47. The van der Waals surface area contributed by atoms with E-state index >= 15 is 0 Å². The molecule has 0 bridgehead atoms. The molecule has 5 unspecified atom stereocenters. The maximum Gasteiger partial charge on any atom is 0.328 e. The standard InChI is InChI=1S/C19H28N4O8/c1-9(24)15(20)18(29)22-13(7-11-3-5-12(26)6-4-11)17(28)21-8-14(27)23-16(10(2)25)19(30)31/h3-6,9-10,13,15-16,24-26H,7-8,20H2,1-2H3,(H,21,28)(H,22,29)(H,23,27)(H,30,31). The summed E-state index contributed by atoms with van der Waals surface area (Å²) in [5, 5.41) is 44.0. The number of carboxylic acid groups (broad SMARTS) is 1. The third kappa shape index (κ3) is 8.58. The predicted octanol–water partition coefficient (Wildman–Crippen LogP) is -2.81. The normalized spacial score (nSPS) is 15.6. The first-order valence-electron chi connectivity index (χ1n) is 9.42. The molecular weight excluding hydrogens is 412 g/mol. The van der Waals surface area contributed by atoms with Crippen LogP contribution in [0.2, 0.25) is 0 Å². The van der Waals surface area contributed by atoms with E-state index in [1.165, 1.54) is 38.1 Å². The SMILES string of the molecule is CC(O)C(N)C(=O)NC(Cc1ccc(O)cc1)C(=O)NCC(=O)NC(C(=O)O)C(C)O. The second kappa shape index (κ2) is 11.8. The number of nitrogens with two attached hydrogens (primary N) is 1. The van der Waals surface area contributed by atoms with Crippen LogP contribution in [0.15, 0.2) is 24.3 Å². The molecule has 0 fully saturated rings. The molecule has 1 rings (SSSR count). The molecule has 0 aromatic heterocycles. The van der Waals surface area contributed by atoms with Gasteiger partial charge in [-0.25, -0.2) is 4.79 Å². The summed E-state index contributed by atoms with van der Waals surface area (Å²) in [5.74, 6) is -3.86. The van der Waals surface area contributed by atoms with E-state index in [1.807, 2.05) is 0 Å². The molecule has 12 nitrogen and oxygen atoms in total. The number of phenolic OH excluding ortho intramolecular Hbond substituents is 1. The van der Waals surface area contributed by atoms with Crippen molar-refractivity contribution in [2.45, 2.75) is 50.6 Å². The molecule has 0 aliphatic heterocycles. The number of aliphatic hydroxyl groups is 2. The summed E-state index contributed by atoms with van der Waals surface area (Å²) in [6.45, 7) is 1.89. The Morgan fingerprint density at radius 3 is 2.03 bits per heavy atom. The first-order valence-corrected chi connectivity index (χ1v) is 9.42. The van der Waals surface area contributed by atoms with Crippen molar-refractivity contribution in [2.24, 2.45) is 5.73 Å². The molecular formula is C19H28N4O8. The van der Waals surface area contributed by atoms with E-state index in [1.54, 1.807) is 0 Å². The summed E-state index contributed by atoms with van der Waals surface area (Å²) in [7, 11) is 0. The summed E-state index contributed by atoms with van der Waals surface area (Å²) >= 11 is 0. The van der Waals surface area contributed by atoms with E-state index in [4.69, 9.17) is 10.8 Å². The van der Waals surface area contributed by atoms with Crippen LogP contribution >= 0.6 is 0 Å². The summed E-state index contributed by atoms with van der Waals surface area (Å²) in [6, 6.07) is 1.82. The number of phenols is 1. The summed E-state index contributed by atoms with van der Waals surface area (Å²) in [4.78, 5) is 47.7. The van der Waals surface area contributed by atoms with Gasteiger partial charge in [-0.3, -0.25) is 14.4 Å². The van der Waals surface area contributed by atoms with Gasteiger partial charge in [-0.1, -0.05) is 12.1 Å². The number of aliphatic hydroxyl groups excluding tert-OH is 2. The molecule has 172 valence electrons. The first-order chi connectivity index (χ1) is 14.4. The molecule has 1 aromatic rings. The molecule has 0 aliphatic rings. The quantitative estimate of drug-likeness (QED) is 0.178. The Morgan fingerprint density at radius 1 is 0.968 bits per heavy atom. The Balaban J connectivity index is 2.84. The second-order valence-corrected chi connectivity index (χ2v) is 7.04. The van der Waals surface area contributed by atoms with Crippen molar-refractivity contribution in [1.29, 1.82) is 0 Å². The van der Waals surface area contributed by atoms with Crippen LogP contribution in [0.5, 0.6) is 5.75 Å². The molecule has 12 heteroatoms. The smallest absolute Gasteiger partial charge is 0.328 e. The van der Waals surface area contributed by atoms with Crippen molar-refractivity contribution >= 4 is 23.7 Å². The lowest BCUT2D eigenvalue weighted by atomic mass is 10.0. The highest BCUT2D eigenvalue weighted by Gasteiger charge is 2.28. The third-order valence-corrected chi connectivity index (χ3v) is 4.32. The number of carbonyl (C=O) groups excluding carboxylic acids is 3.